The molecule has 1 nitrogen and oxygen atoms in total. The molecule has 0 radical (unpaired) electrons. The number of halogens is 1. The lowest BCUT2D eigenvalue weighted by Crippen LogP contribution is -2.25. The SMILES string of the molecule is CCC(C)CN(C)CCCBr. The Morgan fingerprint density at radius 3 is 2.55 bits per heavy atom. The van der Waals surface area contributed by atoms with Crippen molar-refractivity contribution in [1.29, 1.82) is 0 Å². The standard InChI is InChI=1S/C9H20BrN/c1-4-9(2)8-11(3)7-5-6-10/h9H,4-8H2,1-3H3. The summed E-state index contributed by atoms with van der Waals surface area (Å²) in [5.41, 5.74) is 0. The Morgan fingerprint density at radius 2 is 2.09 bits per heavy atom. The molecule has 1 atom stereocenters. The van der Waals surface area contributed by atoms with Crippen LogP contribution in [-0.4, -0.2) is 30.4 Å². The zero-order valence-electron chi connectivity index (χ0n) is 7.94. The molecule has 0 rings (SSSR count). The lowest BCUT2D eigenvalue weighted by Gasteiger charge is -2.19. The van der Waals surface area contributed by atoms with Crippen molar-refractivity contribution in [1.82, 2.24) is 4.90 Å². The van der Waals surface area contributed by atoms with E-state index in [1.165, 1.54) is 25.9 Å². The van der Waals surface area contributed by atoms with E-state index in [4.69, 9.17) is 0 Å². The monoisotopic (exact) mass is 221 g/mol. The molecule has 1 unspecified atom stereocenters. The van der Waals surface area contributed by atoms with Crippen LogP contribution in [0.2, 0.25) is 0 Å². The van der Waals surface area contributed by atoms with E-state index in [2.05, 4.69) is 41.7 Å². The van der Waals surface area contributed by atoms with Crippen LogP contribution in [0.5, 0.6) is 0 Å². The smallest absolute Gasteiger partial charge is 0.00434 e. The van der Waals surface area contributed by atoms with Crippen LogP contribution in [0.4, 0.5) is 0 Å². The van der Waals surface area contributed by atoms with Gasteiger partial charge < -0.3 is 4.90 Å². The third kappa shape index (κ3) is 6.82. The second-order valence-electron chi connectivity index (χ2n) is 3.32. The highest BCUT2D eigenvalue weighted by molar-refractivity contribution is 9.09. The predicted molar refractivity (Wildman–Crippen MR) is 55.4 cm³/mol. The third-order valence-electron chi connectivity index (χ3n) is 1.99. The molecule has 0 heterocycles. The molecule has 0 amide bonds. The Labute approximate surface area is 79.3 Å². The van der Waals surface area contributed by atoms with Gasteiger partial charge in [0.25, 0.3) is 0 Å². The molecule has 0 aliphatic heterocycles. The van der Waals surface area contributed by atoms with Crippen molar-refractivity contribution in [3.63, 3.8) is 0 Å². The van der Waals surface area contributed by atoms with Gasteiger partial charge in [-0.15, -0.1) is 0 Å². The van der Waals surface area contributed by atoms with Gasteiger partial charge in [0.15, 0.2) is 0 Å². The second-order valence-corrected chi connectivity index (χ2v) is 4.11. The summed E-state index contributed by atoms with van der Waals surface area (Å²) in [6, 6.07) is 0. The fourth-order valence-electron chi connectivity index (χ4n) is 1.08. The van der Waals surface area contributed by atoms with E-state index in [-0.39, 0.29) is 0 Å². The second kappa shape index (κ2) is 7.11. The summed E-state index contributed by atoms with van der Waals surface area (Å²) in [7, 11) is 2.20. The maximum Gasteiger partial charge on any atom is 0.00434 e. The quantitative estimate of drug-likeness (QED) is 0.624. The minimum absolute atomic E-state index is 0.843. The van der Waals surface area contributed by atoms with Crippen molar-refractivity contribution in [2.24, 2.45) is 5.92 Å². The van der Waals surface area contributed by atoms with E-state index in [9.17, 15) is 0 Å². The highest BCUT2D eigenvalue weighted by Gasteiger charge is 2.02. The lowest BCUT2D eigenvalue weighted by molar-refractivity contribution is 0.284. The molecule has 0 aromatic rings. The average Bonchev–Trinajstić information content (AvgIpc) is 2.00. The fraction of sp³-hybridized carbons (Fsp3) is 1.00. The molecular weight excluding hydrogens is 202 g/mol. The highest BCUT2D eigenvalue weighted by Crippen LogP contribution is 2.03. The van der Waals surface area contributed by atoms with Crippen molar-refractivity contribution in [2.75, 3.05) is 25.5 Å². The van der Waals surface area contributed by atoms with Crippen LogP contribution in [0.15, 0.2) is 0 Å². The van der Waals surface area contributed by atoms with Crippen molar-refractivity contribution < 1.29 is 0 Å². The van der Waals surface area contributed by atoms with E-state index < -0.39 is 0 Å². The van der Waals surface area contributed by atoms with Crippen LogP contribution < -0.4 is 0 Å². The molecule has 0 aromatic carbocycles. The third-order valence-corrected chi connectivity index (χ3v) is 2.55. The van der Waals surface area contributed by atoms with Gasteiger partial charge in [0.1, 0.15) is 0 Å². The van der Waals surface area contributed by atoms with E-state index in [0.717, 1.165) is 11.2 Å². The molecule has 0 aromatic heterocycles. The van der Waals surface area contributed by atoms with Gasteiger partial charge in [-0.1, -0.05) is 36.2 Å². The van der Waals surface area contributed by atoms with Crippen LogP contribution in [0.3, 0.4) is 0 Å². The Balaban J connectivity index is 3.27. The molecule has 0 aliphatic rings. The van der Waals surface area contributed by atoms with Gasteiger partial charge in [0.05, 0.1) is 0 Å². The van der Waals surface area contributed by atoms with Crippen LogP contribution in [-0.2, 0) is 0 Å². The number of hydrogen-bond acceptors (Lipinski definition) is 1. The van der Waals surface area contributed by atoms with Crippen LogP contribution in [0, 0.1) is 5.92 Å². The van der Waals surface area contributed by atoms with E-state index in [1.54, 1.807) is 0 Å². The lowest BCUT2D eigenvalue weighted by atomic mass is 10.1. The van der Waals surface area contributed by atoms with Gasteiger partial charge in [0, 0.05) is 11.9 Å². The molecule has 0 fully saturated rings. The first-order valence-electron chi connectivity index (χ1n) is 4.45. The summed E-state index contributed by atoms with van der Waals surface area (Å²) in [6.45, 7) is 7.02. The molecule has 0 N–H and O–H groups in total. The van der Waals surface area contributed by atoms with E-state index in [1.807, 2.05) is 0 Å². The fourth-order valence-corrected chi connectivity index (χ4v) is 1.33. The highest BCUT2D eigenvalue weighted by atomic mass is 79.9. The number of rotatable bonds is 6. The normalized spacial score (nSPS) is 13.9. The first-order valence-corrected chi connectivity index (χ1v) is 5.57. The summed E-state index contributed by atoms with van der Waals surface area (Å²) >= 11 is 3.43. The molecule has 0 saturated carbocycles. The Hall–Kier alpha value is 0.440. The van der Waals surface area contributed by atoms with Gasteiger partial charge in [-0.3, -0.25) is 0 Å². The molecule has 0 spiro atoms. The molecular formula is C9H20BrN. The maximum absolute atomic E-state index is 3.43. The van der Waals surface area contributed by atoms with Gasteiger partial charge >= 0.3 is 0 Å². The minimum Gasteiger partial charge on any atom is -0.306 e. The van der Waals surface area contributed by atoms with E-state index >= 15 is 0 Å². The van der Waals surface area contributed by atoms with E-state index in [0.29, 0.717) is 0 Å². The topological polar surface area (TPSA) is 3.24 Å². The van der Waals surface area contributed by atoms with Crippen LogP contribution in [0.25, 0.3) is 0 Å². The van der Waals surface area contributed by atoms with Crippen molar-refractivity contribution in [3.05, 3.63) is 0 Å². The minimum atomic E-state index is 0.843. The molecule has 11 heavy (non-hydrogen) atoms. The van der Waals surface area contributed by atoms with Crippen LogP contribution in [0.1, 0.15) is 26.7 Å². The molecule has 68 valence electrons. The first-order chi connectivity index (χ1) is 5.20. The average molecular weight is 222 g/mol. The van der Waals surface area contributed by atoms with Crippen molar-refractivity contribution in [3.8, 4) is 0 Å². The summed E-state index contributed by atoms with van der Waals surface area (Å²) in [6.07, 6.45) is 2.55. The summed E-state index contributed by atoms with van der Waals surface area (Å²) in [4.78, 5) is 2.41. The summed E-state index contributed by atoms with van der Waals surface area (Å²) in [5, 5.41) is 1.12. The number of hydrogen-bond donors (Lipinski definition) is 0. The van der Waals surface area contributed by atoms with Crippen molar-refractivity contribution in [2.45, 2.75) is 26.7 Å². The predicted octanol–water partition coefficient (Wildman–Crippen LogP) is 2.75. The largest absolute Gasteiger partial charge is 0.306 e. The van der Waals surface area contributed by atoms with Gasteiger partial charge in [-0.25, -0.2) is 0 Å². The molecule has 0 bridgehead atoms. The van der Waals surface area contributed by atoms with Crippen molar-refractivity contribution >= 4 is 15.9 Å². The van der Waals surface area contributed by atoms with Crippen LogP contribution >= 0.6 is 15.9 Å². The number of alkyl halides is 1. The number of nitrogens with zero attached hydrogens (tertiary/aromatic N) is 1. The summed E-state index contributed by atoms with van der Waals surface area (Å²) < 4.78 is 0. The summed E-state index contributed by atoms with van der Waals surface area (Å²) in [5.74, 6) is 0.843. The Kier molecular flexibility index (Phi) is 7.39. The van der Waals surface area contributed by atoms with Gasteiger partial charge in [-0.2, -0.15) is 0 Å². The Bertz CT molecular complexity index is 85.6. The molecule has 2 heteroatoms. The Morgan fingerprint density at radius 1 is 1.45 bits per heavy atom. The zero-order valence-corrected chi connectivity index (χ0v) is 9.52. The maximum atomic E-state index is 3.43. The molecule has 0 aliphatic carbocycles. The zero-order chi connectivity index (χ0) is 8.69. The van der Waals surface area contributed by atoms with Gasteiger partial charge in [-0.05, 0) is 25.9 Å². The van der Waals surface area contributed by atoms with Gasteiger partial charge in [0.2, 0.25) is 0 Å². The first kappa shape index (κ1) is 11.4. The molecule has 0 saturated heterocycles.